The maximum absolute atomic E-state index is 13.5. The molecule has 1 saturated heterocycles. The molecule has 1 fully saturated rings. The van der Waals surface area contributed by atoms with Crippen molar-refractivity contribution in [1.29, 1.82) is 0 Å². The summed E-state index contributed by atoms with van der Waals surface area (Å²) in [4.78, 5) is 25.3. The van der Waals surface area contributed by atoms with Crippen LogP contribution in [0.25, 0.3) is 0 Å². The molecule has 5 heteroatoms. The molecule has 1 aromatic rings. The Balaban J connectivity index is 1.83. The Kier molecular flexibility index (Phi) is 5.31. The first kappa shape index (κ1) is 15.5. The number of benzene rings is 1. The van der Waals surface area contributed by atoms with Crippen molar-refractivity contribution in [2.75, 3.05) is 13.1 Å². The molecule has 0 unspecified atom stereocenters. The summed E-state index contributed by atoms with van der Waals surface area (Å²) in [5.41, 5.74) is 0.434. The third-order valence-corrected chi connectivity index (χ3v) is 3.83. The molecular weight excluding hydrogens is 271 g/mol. The maximum atomic E-state index is 13.5. The molecular formula is C16H21FN2O2. The van der Waals surface area contributed by atoms with E-state index in [-0.39, 0.29) is 30.1 Å². The van der Waals surface area contributed by atoms with Gasteiger partial charge in [0.2, 0.25) is 11.8 Å². The smallest absolute Gasteiger partial charge is 0.227 e. The zero-order valence-corrected chi connectivity index (χ0v) is 12.3. The minimum absolute atomic E-state index is 0.0473. The van der Waals surface area contributed by atoms with Gasteiger partial charge in [0.25, 0.3) is 0 Å². The minimum atomic E-state index is -0.337. The zero-order valence-electron chi connectivity index (χ0n) is 12.3. The van der Waals surface area contributed by atoms with Crippen LogP contribution in [0.2, 0.25) is 0 Å². The molecule has 2 amide bonds. The standard InChI is InChI=1S/C16H21FN2O2/c1-2-15(20)18-13-7-9-19(10-8-13)16(21)11-12-5-3-4-6-14(12)17/h3-6,13H,2,7-11H2,1H3,(H,18,20). The number of amides is 2. The summed E-state index contributed by atoms with van der Waals surface area (Å²) in [6, 6.07) is 6.51. The number of halogens is 1. The number of carbonyl (C=O) groups excluding carboxylic acids is 2. The summed E-state index contributed by atoms with van der Waals surface area (Å²) >= 11 is 0. The molecule has 21 heavy (non-hydrogen) atoms. The maximum Gasteiger partial charge on any atom is 0.227 e. The lowest BCUT2D eigenvalue weighted by Gasteiger charge is -2.32. The largest absolute Gasteiger partial charge is 0.353 e. The molecule has 1 aliphatic heterocycles. The summed E-state index contributed by atoms with van der Waals surface area (Å²) in [7, 11) is 0. The molecule has 2 rings (SSSR count). The van der Waals surface area contributed by atoms with Crippen molar-refractivity contribution in [3.63, 3.8) is 0 Å². The van der Waals surface area contributed by atoms with Crippen molar-refractivity contribution in [1.82, 2.24) is 10.2 Å². The topological polar surface area (TPSA) is 49.4 Å². The molecule has 4 nitrogen and oxygen atoms in total. The lowest BCUT2D eigenvalue weighted by Crippen LogP contribution is -2.46. The van der Waals surface area contributed by atoms with Crippen LogP contribution in [0, 0.1) is 5.82 Å². The molecule has 0 spiro atoms. The lowest BCUT2D eigenvalue weighted by molar-refractivity contribution is -0.131. The van der Waals surface area contributed by atoms with Gasteiger partial charge in [-0.05, 0) is 24.5 Å². The van der Waals surface area contributed by atoms with Gasteiger partial charge in [-0.1, -0.05) is 25.1 Å². The van der Waals surface area contributed by atoms with Gasteiger partial charge in [0.15, 0.2) is 0 Å². The Labute approximate surface area is 124 Å². The molecule has 0 bridgehead atoms. The van der Waals surface area contributed by atoms with Crippen LogP contribution >= 0.6 is 0 Å². The van der Waals surface area contributed by atoms with Crippen molar-refractivity contribution in [3.05, 3.63) is 35.6 Å². The van der Waals surface area contributed by atoms with E-state index in [1.807, 2.05) is 6.92 Å². The molecule has 1 heterocycles. The van der Waals surface area contributed by atoms with Crippen LogP contribution in [-0.2, 0) is 16.0 Å². The molecule has 0 aromatic heterocycles. The molecule has 114 valence electrons. The van der Waals surface area contributed by atoms with Gasteiger partial charge in [0.05, 0.1) is 6.42 Å². The van der Waals surface area contributed by atoms with Gasteiger partial charge >= 0.3 is 0 Å². The van der Waals surface area contributed by atoms with E-state index in [2.05, 4.69) is 5.32 Å². The minimum Gasteiger partial charge on any atom is -0.353 e. The number of nitrogens with zero attached hydrogens (tertiary/aromatic N) is 1. The second kappa shape index (κ2) is 7.20. The average molecular weight is 292 g/mol. The molecule has 1 N–H and O–H groups in total. The fourth-order valence-corrected chi connectivity index (χ4v) is 2.52. The highest BCUT2D eigenvalue weighted by molar-refractivity contribution is 5.79. The first-order valence-electron chi connectivity index (χ1n) is 7.40. The third kappa shape index (κ3) is 4.28. The van der Waals surface area contributed by atoms with E-state index in [1.54, 1.807) is 23.1 Å². The first-order valence-corrected chi connectivity index (χ1v) is 7.40. The molecule has 0 aliphatic carbocycles. The van der Waals surface area contributed by atoms with Crippen LogP contribution < -0.4 is 5.32 Å². The number of rotatable bonds is 4. The van der Waals surface area contributed by atoms with Crippen molar-refractivity contribution in [2.45, 2.75) is 38.6 Å². The summed E-state index contributed by atoms with van der Waals surface area (Å²) in [6.45, 7) is 3.05. The van der Waals surface area contributed by atoms with Crippen LogP contribution in [0.3, 0.4) is 0 Å². The number of piperidine rings is 1. The number of carbonyl (C=O) groups is 2. The summed E-state index contributed by atoms with van der Waals surface area (Å²) in [5, 5.41) is 2.95. The average Bonchev–Trinajstić information content (AvgIpc) is 2.50. The second-order valence-electron chi connectivity index (χ2n) is 5.34. The van der Waals surface area contributed by atoms with Crippen LogP contribution in [-0.4, -0.2) is 35.8 Å². The quantitative estimate of drug-likeness (QED) is 0.921. The number of nitrogens with one attached hydrogen (secondary N) is 1. The van der Waals surface area contributed by atoms with Gasteiger partial charge < -0.3 is 10.2 Å². The predicted octanol–water partition coefficient (Wildman–Crippen LogP) is 1.89. The number of hydrogen-bond donors (Lipinski definition) is 1. The summed E-state index contributed by atoms with van der Waals surface area (Å²) in [5.74, 6) is -0.345. The molecule has 0 saturated carbocycles. The van der Waals surface area contributed by atoms with Gasteiger partial charge in [0.1, 0.15) is 5.82 Å². The number of likely N-dealkylation sites (tertiary alicyclic amines) is 1. The second-order valence-corrected chi connectivity index (χ2v) is 5.34. The van der Waals surface area contributed by atoms with Gasteiger partial charge in [-0.2, -0.15) is 0 Å². The summed E-state index contributed by atoms with van der Waals surface area (Å²) < 4.78 is 13.5. The highest BCUT2D eigenvalue weighted by Crippen LogP contribution is 2.14. The van der Waals surface area contributed by atoms with E-state index in [9.17, 15) is 14.0 Å². The molecule has 1 aromatic carbocycles. The Morgan fingerprint density at radius 3 is 2.57 bits per heavy atom. The predicted molar refractivity (Wildman–Crippen MR) is 78.1 cm³/mol. The third-order valence-electron chi connectivity index (χ3n) is 3.83. The van der Waals surface area contributed by atoms with Crippen molar-refractivity contribution >= 4 is 11.8 Å². The fraction of sp³-hybridized carbons (Fsp3) is 0.500. The monoisotopic (exact) mass is 292 g/mol. The van der Waals surface area contributed by atoms with Crippen LogP contribution in [0.15, 0.2) is 24.3 Å². The number of hydrogen-bond acceptors (Lipinski definition) is 2. The summed E-state index contributed by atoms with van der Waals surface area (Å²) in [6.07, 6.45) is 2.09. The Hall–Kier alpha value is -1.91. The van der Waals surface area contributed by atoms with Gasteiger partial charge in [0, 0.05) is 25.6 Å². The Morgan fingerprint density at radius 1 is 1.29 bits per heavy atom. The van der Waals surface area contributed by atoms with Gasteiger partial charge in [-0.15, -0.1) is 0 Å². The van der Waals surface area contributed by atoms with E-state index >= 15 is 0 Å². The van der Waals surface area contributed by atoms with E-state index in [0.29, 0.717) is 25.1 Å². The Bertz CT molecular complexity index is 511. The van der Waals surface area contributed by atoms with Crippen LogP contribution in [0.5, 0.6) is 0 Å². The van der Waals surface area contributed by atoms with Crippen molar-refractivity contribution in [3.8, 4) is 0 Å². The van der Waals surface area contributed by atoms with Gasteiger partial charge in [-0.25, -0.2) is 4.39 Å². The SMILES string of the molecule is CCC(=O)NC1CCN(C(=O)Cc2ccccc2F)CC1. The van der Waals surface area contributed by atoms with E-state index in [0.717, 1.165) is 12.8 Å². The normalized spacial score (nSPS) is 15.8. The highest BCUT2D eigenvalue weighted by Gasteiger charge is 2.23. The highest BCUT2D eigenvalue weighted by atomic mass is 19.1. The van der Waals surface area contributed by atoms with Crippen molar-refractivity contribution in [2.24, 2.45) is 0 Å². The Morgan fingerprint density at radius 2 is 1.95 bits per heavy atom. The van der Waals surface area contributed by atoms with Crippen molar-refractivity contribution < 1.29 is 14.0 Å². The molecule has 1 aliphatic rings. The van der Waals surface area contributed by atoms with E-state index in [1.165, 1.54) is 6.07 Å². The van der Waals surface area contributed by atoms with E-state index in [4.69, 9.17) is 0 Å². The van der Waals surface area contributed by atoms with Crippen LogP contribution in [0.4, 0.5) is 4.39 Å². The van der Waals surface area contributed by atoms with Gasteiger partial charge in [-0.3, -0.25) is 9.59 Å². The molecule has 0 atom stereocenters. The zero-order chi connectivity index (χ0) is 15.2. The first-order chi connectivity index (χ1) is 10.1. The van der Waals surface area contributed by atoms with E-state index < -0.39 is 0 Å². The lowest BCUT2D eigenvalue weighted by atomic mass is 10.0. The molecule has 0 radical (unpaired) electrons. The van der Waals surface area contributed by atoms with Crippen LogP contribution in [0.1, 0.15) is 31.7 Å². The fourth-order valence-electron chi connectivity index (χ4n) is 2.52.